The molecule has 0 spiro atoms. The minimum Gasteiger partial charge on any atom is -0.459 e. The number of carbonyl (C=O) groups is 2. The van der Waals surface area contributed by atoms with E-state index in [1.165, 1.54) is 36.3 Å². The van der Waals surface area contributed by atoms with E-state index >= 15 is 0 Å². The lowest BCUT2D eigenvalue weighted by atomic mass is 10.0. The highest BCUT2D eigenvalue weighted by Crippen LogP contribution is 2.40. The second-order valence-corrected chi connectivity index (χ2v) is 9.75. The van der Waals surface area contributed by atoms with Gasteiger partial charge in [0.05, 0.1) is 28.6 Å². The number of alkyl halides is 3. The number of fused-ring (bicyclic) bond motifs is 1. The number of hydrogen-bond acceptors (Lipinski definition) is 5. The van der Waals surface area contributed by atoms with Gasteiger partial charge in [-0.3, -0.25) is 9.59 Å². The van der Waals surface area contributed by atoms with Crippen molar-refractivity contribution in [2.45, 2.75) is 30.3 Å². The largest absolute Gasteiger partial charge is 0.501 e. The van der Waals surface area contributed by atoms with Crippen LogP contribution in [0.25, 0.3) is 11.1 Å². The molecule has 0 aliphatic carbocycles. The van der Waals surface area contributed by atoms with E-state index in [1.807, 2.05) is 0 Å². The Morgan fingerprint density at radius 3 is 2.21 bits per heavy atom. The smallest absolute Gasteiger partial charge is 0.459 e. The van der Waals surface area contributed by atoms with Crippen molar-refractivity contribution in [3.05, 3.63) is 66.6 Å². The normalized spacial score (nSPS) is 16.3. The molecule has 2 heterocycles. The zero-order valence-electron chi connectivity index (χ0n) is 18.0. The van der Waals surface area contributed by atoms with Crippen LogP contribution < -0.4 is 9.80 Å². The van der Waals surface area contributed by atoms with Crippen LogP contribution in [0.2, 0.25) is 0 Å². The Kier molecular flexibility index (Phi) is 5.76. The minimum atomic E-state index is -5.47. The van der Waals surface area contributed by atoms with E-state index in [4.69, 9.17) is 4.42 Å². The number of halogens is 3. The molecular formula is C23H19F3N2O5S. The fourth-order valence-electron chi connectivity index (χ4n) is 3.97. The van der Waals surface area contributed by atoms with E-state index in [-0.39, 0.29) is 24.3 Å². The summed E-state index contributed by atoms with van der Waals surface area (Å²) in [5, 5.41) is 0. The van der Waals surface area contributed by atoms with Gasteiger partial charge in [-0.15, -0.1) is 0 Å². The van der Waals surface area contributed by atoms with Crippen LogP contribution in [0.15, 0.2) is 70.2 Å². The maximum absolute atomic E-state index is 13.1. The number of benzene rings is 2. The molecule has 3 aromatic rings. The Balaban J connectivity index is 1.78. The molecule has 0 radical (unpaired) electrons. The van der Waals surface area contributed by atoms with Crippen LogP contribution in [0, 0.1) is 0 Å². The van der Waals surface area contributed by atoms with Gasteiger partial charge in [0.25, 0.3) is 15.7 Å². The first-order valence-electron chi connectivity index (χ1n) is 10.1. The number of hydrogen-bond donors (Lipinski definition) is 0. The molecule has 7 nitrogen and oxygen atoms in total. The summed E-state index contributed by atoms with van der Waals surface area (Å²) in [5.74, 6) is -0.514. The Hall–Kier alpha value is -3.60. The summed E-state index contributed by atoms with van der Waals surface area (Å²) in [6.07, 6.45) is 1.37. The maximum atomic E-state index is 13.1. The van der Waals surface area contributed by atoms with Crippen LogP contribution in [0.1, 0.15) is 24.4 Å². The van der Waals surface area contributed by atoms with Gasteiger partial charge in [0.1, 0.15) is 0 Å². The summed E-state index contributed by atoms with van der Waals surface area (Å²) >= 11 is 0. The van der Waals surface area contributed by atoms with Crippen LogP contribution in [0.5, 0.6) is 0 Å². The Morgan fingerprint density at radius 1 is 1.00 bits per heavy atom. The van der Waals surface area contributed by atoms with Gasteiger partial charge in [0, 0.05) is 13.5 Å². The molecule has 0 N–H and O–H groups in total. The molecular weight excluding hydrogens is 473 g/mol. The first kappa shape index (κ1) is 23.6. The molecule has 1 aliphatic heterocycles. The summed E-state index contributed by atoms with van der Waals surface area (Å²) in [6, 6.07) is 12.0. The third-order valence-corrected chi connectivity index (χ3v) is 7.03. The third-order valence-electron chi connectivity index (χ3n) is 5.53. The first-order valence-corrected chi connectivity index (χ1v) is 11.6. The van der Waals surface area contributed by atoms with Crippen molar-refractivity contribution in [3.8, 4) is 11.1 Å². The van der Waals surface area contributed by atoms with Crippen LogP contribution in [0.4, 0.5) is 24.5 Å². The fraction of sp³-hybridized carbons (Fsp3) is 0.217. The Morgan fingerprint density at radius 2 is 1.65 bits per heavy atom. The lowest BCUT2D eigenvalue weighted by Crippen LogP contribution is -2.51. The van der Waals surface area contributed by atoms with E-state index in [9.17, 15) is 31.2 Å². The van der Waals surface area contributed by atoms with Gasteiger partial charge < -0.3 is 14.2 Å². The molecule has 1 unspecified atom stereocenters. The second kappa shape index (κ2) is 8.32. The minimum absolute atomic E-state index is 0.113. The lowest BCUT2D eigenvalue weighted by Gasteiger charge is -2.40. The molecule has 11 heteroatoms. The summed E-state index contributed by atoms with van der Waals surface area (Å²) in [4.78, 5) is 27.6. The summed E-state index contributed by atoms with van der Waals surface area (Å²) in [5.41, 5.74) is -3.54. The van der Waals surface area contributed by atoms with E-state index in [2.05, 4.69) is 0 Å². The van der Waals surface area contributed by atoms with Crippen molar-refractivity contribution in [2.24, 2.45) is 0 Å². The summed E-state index contributed by atoms with van der Waals surface area (Å²) in [6.45, 7) is 3.41. The zero-order chi connectivity index (χ0) is 24.8. The van der Waals surface area contributed by atoms with Crippen LogP contribution in [0.3, 0.4) is 0 Å². The maximum Gasteiger partial charge on any atom is 0.501 e. The highest BCUT2D eigenvalue weighted by atomic mass is 32.2. The van der Waals surface area contributed by atoms with E-state index < -0.39 is 26.1 Å². The number of carbonyl (C=O) groups excluding carboxylic acids is 2. The molecule has 2 amide bonds. The quantitative estimate of drug-likeness (QED) is 0.532. The van der Waals surface area contributed by atoms with E-state index in [0.717, 1.165) is 12.1 Å². The molecule has 178 valence electrons. The molecule has 0 bridgehead atoms. The van der Waals surface area contributed by atoms with Gasteiger partial charge in [-0.2, -0.15) is 13.2 Å². The molecule has 0 saturated heterocycles. The molecule has 4 rings (SSSR count). The fourth-order valence-corrected chi connectivity index (χ4v) is 4.73. The van der Waals surface area contributed by atoms with Gasteiger partial charge in [-0.1, -0.05) is 18.2 Å². The number of furan rings is 1. The number of rotatable bonds is 3. The standard InChI is InChI=1S/C23H19F3N2O5S/c1-14-13-27(22(30)21-4-3-11-33-21)20-12-17(7-10-19(20)28(14)15(2)29)16-5-8-18(9-6-16)34(31,32)23(24,25)26/h3-12,14H,13H2,1-2H3. The highest BCUT2D eigenvalue weighted by Gasteiger charge is 2.46. The SMILES string of the molecule is CC(=O)N1c2ccc(-c3ccc(S(=O)(=O)C(F)(F)F)cc3)cc2N(C(=O)c2ccco2)CC1C. The predicted molar refractivity (Wildman–Crippen MR) is 118 cm³/mol. The topological polar surface area (TPSA) is 87.9 Å². The van der Waals surface area contributed by atoms with Crippen molar-refractivity contribution >= 4 is 33.0 Å². The molecule has 34 heavy (non-hydrogen) atoms. The second-order valence-electron chi connectivity index (χ2n) is 7.81. The van der Waals surface area contributed by atoms with Crippen molar-refractivity contribution in [2.75, 3.05) is 16.3 Å². The van der Waals surface area contributed by atoms with Gasteiger partial charge >= 0.3 is 5.51 Å². The molecule has 0 fully saturated rings. The Bertz CT molecular complexity index is 1350. The van der Waals surface area contributed by atoms with Gasteiger partial charge in [-0.05, 0) is 54.4 Å². The molecule has 1 aliphatic rings. The average Bonchev–Trinajstić information content (AvgIpc) is 3.32. The average molecular weight is 492 g/mol. The van der Waals surface area contributed by atoms with Crippen LogP contribution in [-0.2, 0) is 14.6 Å². The van der Waals surface area contributed by atoms with Gasteiger partial charge in [0.15, 0.2) is 5.76 Å². The number of anilines is 2. The first-order chi connectivity index (χ1) is 15.9. The van der Waals surface area contributed by atoms with Crippen molar-refractivity contribution in [3.63, 3.8) is 0 Å². The summed E-state index contributed by atoms with van der Waals surface area (Å²) in [7, 11) is -5.47. The molecule has 2 aromatic carbocycles. The number of nitrogens with zero attached hydrogens (tertiary/aromatic N) is 2. The van der Waals surface area contributed by atoms with Crippen LogP contribution >= 0.6 is 0 Å². The molecule has 1 atom stereocenters. The zero-order valence-corrected chi connectivity index (χ0v) is 18.9. The Labute approximate surface area is 193 Å². The monoisotopic (exact) mass is 492 g/mol. The lowest BCUT2D eigenvalue weighted by molar-refractivity contribution is -0.117. The van der Waals surface area contributed by atoms with Crippen molar-refractivity contribution < 1.29 is 35.6 Å². The van der Waals surface area contributed by atoms with Crippen LogP contribution in [-0.4, -0.2) is 38.3 Å². The molecule has 1 aromatic heterocycles. The van der Waals surface area contributed by atoms with E-state index in [1.54, 1.807) is 36.1 Å². The summed E-state index contributed by atoms with van der Waals surface area (Å²) < 4.78 is 67.0. The number of sulfone groups is 1. The highest BCUT2D eigenvalue weighted by molar-refractivity contribution is 7.92. The molecule has 0 saturated carbocycles. The van der Waals surface area contributed by atoms with Gasteiger partial charge in [-0.25, -0.2) is 8.42 Å². The van der Waals surface area contributed by atoms with Crippen molar-refractivity contribution in [1.82, 2.24) is 0 Å². The van der Waals surface area contributed by atoms with Crippen molar-refractivity contribution in [1.29, 1.82) is 0 Å². The predicted octanol–water partition coefficient (Wildman–Crippen LogP) is 4.64. The van der Waals surface area contributed by atoms with E-state index in [0.29, 0.717) is 22.5 Å². The number of amides is 2. The van der Waals surface area contributed by atoms with Gasteiger partial charge in [0.2, 0.25) is 5.91 Å². The third kappa shape index (κ3) is 3.96.